The molecule has 0 radical (unpaired) electrons. The van der Waals surface area contributed by atoms with Crippen molar-refractivity contribution >= 4 is 5.82 Å². The maximum atomic E-state index is 5.58. The van der Waals surface area contributed by atoms with Gasteiger partial charge in [-0.25, -0.2) is 0 Å². The first-order valence-electron chi connectivity index (χ1n) is 4.56. The quantitative estimate of drug-likeness (QED) is 0.698. The smallest absolute Gasteiger partial charge is 0.145 e. The second-order valence-corrected chi connectivity index (χ2v) is 5.08. The molecule has 0 aliphatic carbocycles. The minimum Gasteiger partial charge on any atom is -0.382 e. The second kappa shape index (κ2) is 2.76. The lowest BCUT2D eigenvalue weighted by molar-refractivity contribution is 0.219. The first-order valence-corrected chi connectivity index (χ1v) is 4.56. The Hall–Kier alpha value is -0.990. The van der Waals surface area contributed by atoms with E-state index in [1.165, 1.54) is 0 Å². The average molecular weight is 181 g/mol. The number of nitrogens with two attached hydrogens (primary N) is 1. The van der Waals surface area contributed by atoms with Crippen LogP contribution in [0.1, 0.15) is 40.3 Å². The number of nitrogens with zero attached hydrogens (tertiary/aromatic N) is 1. The maximum absolute atomic E-state index is 5.58. The highest BCUT2D eigenvalue weighted by atomic mass is 15.2. The number of aromatic nitrogens is 2. The molecule has 0 saturated carbocycles. The molecule has 0 aliphatic heterocycles. The van der Waals surface area contributed by atoms with Crippen molar-refractivity contribution in [3.05, 3.63) is 11.8 Å². The molecular formula is C10H19N3. The van der Waals surface area contributed by atoms with Gasteiger partial charge in [0.05, 0.1) is 0 Å². The number of H-pyrrole nitrogens is 1. The van der Waals surface area contributed by atoms with Crippen molar-refractivity contribution < 1.29 is 0 Å². The van der Waals surface area contributed by atoms with Crippen LogP contribution in [-0.4, -0.2) is 10.2 Å². The number of nitrogen functional groups attached to an aromatic ring is 1. The molecule has 0 spiro atoms. The highest BCUT2D eigenvalue weighted by Gasteiger charge is 2.35. The van der Waals surface area contributed by atoms with Crippen LogP contribution < -0.4 is 5.73 Å². The number of hydrogen-bond acceptors (Lipinski definition) is 2. The fourth-order valence-electron chi connectivity index (χ4n) is 1.06. The van der Waals surface area contributed by atoms with E-state index in [0.29, 0.717) is 5.82 Å². The van der Waals surface area contributed by atoms with E-state index in [2.05, 4.69) is 44.8 Å². The molecule has 0 aromatic carbocycles. The van der Waals surface area contributed by atoms with E-state index in [0.717, 1.165) is 5.69 Å². The number of aromatic amines is 1. The van der Waals surface area contributed by atoms with E-state index in [9.17, 15) is 0 Å². The molecule has 0 unspecified atom stereocenters. The largest absolute Gasteiger partial charge is 0.382 e. The van der Waals surface area contributed by atoms with Gasteiger partial charge in [-0.2, -0.15) is 5.10 Å². The number of anilines is 1. The predicted molar refractivity (Wildman–Crippen MR) is 55.5 cm³/mol. The van der Waals surface area contributed by atoms with Crippen molar-refractivity contribution in [3.63, 3.8) is 0 Å². The zero-order valence-electron chi connectivity index (χ0n) is 9.10. The summed E-state index contributed by atoms with van der Waals surface area (Å²) < 4.78 is 0. The fourth-order valence-corrected chi connectivity index (χ4v) is 1.06. The van der Waals surface area contributed by atoms with Crippen molar-refractivity contribution in [1.82, 2.24) is 10.2 Å². The number of rotatable bonds is 1. The molecule has 0 saturated heterocycles. The molecule has 0 fully saturated rings. The van der Waals surface area contributed by atoms with Gasteiger partial charge in [-0.1, -0.05) is 34.6 Å². The Balaban J connectivity index is 3.07. The van der Waals surface area contributed by atoms with Crippen molar-refractivity contribution in [1.29, 1.82) is 0 Å². The zero-order chi connectivity index (χ0) is 10.3. The van der Waals surface area contributed by atoms with Gasteiger partial charge in [0, 0.05) is 17.2 Å². The van der Waals surface area contributed by atoms with Crippen molar-refractivity contribution in [2.75, 3.05) is 5.73 Å². The van der Waals surface area contributed by atoms with Crippen LogP contribution in [0.2, 0.25) is 0 Å². The minimum absolute atomic E-state index is 0.0532. The topological polar surface area (TPSA) is 54.7 Å². The average Bonchev–Trinajstić information content (AvgIpc) is 2.33. The van der Waals surface area contributed by atoms with Crippen LogP contribution in [0.15, 0.2) is 6.07 Å². The fraction of sp³-hybridized carbons (Fsp3) is 0.700. The third-order valence-electron chi connectivity index (χ3n) is 3.15. The summed E-state index contributed by atoms with van der Waals surface area (Å²) in [6, 6.07) is 1.91. The van der Waals surface area contributed by atoms with Gasteiger partial charge in [0.25, 0.3) is 0 Å². The van der Waals surface area contributed by atoms with Crippen LogP contribution in [0.4, 0.5) is 5.82 Å². The Morgan fingerprint density at radius 3 is 2.08 bits per heavy atom. The highest BCUT2D eigenvalue weighted by Crippen LogP contribution is 2.40. The molecule has 3 nitrogen and oxygen atoms in total. The van der Waals surface area contributed by atoms with E-state index < -0.39 is 0 Å². The maximum Gasteiger partial charge on any atom is 0.145 e. The summed E-state index contributed by atoms with van der Waals surface area (Å²) in [6.07, 6.45) is 0. The molecule has 1 aromatic rings. The lowest BCUT2D eigenvalue weighted by atomic mass is 9.67. The SMILES string of the molecule is CC(C)(C)C(C)(C)c1cc(N)n[nH]1. The molecule has 1 heterocycles. The summed E-state index contributed by atoms with van der Waals surface area (Å²) in [7, 11) is 0. The van der Waals surface area contributed by atoms with Crippen LogP contribution in [0.5, 0.6) is 0 Å². The molecule has 0 bridgehead atoms. The van der Waals surface area contributed by atoms with E-state index >= 15 is 0 Å². The monoisotopic (exact) mass is 181 g/mol. The molecule has 1 rings (SSSR count). The Kier molecular flexibility index (Phi) is 2.14. The van der Waals surface area contributed by atoms with Crippen molar-refractivity contribution in [2.24, 2.45) is 5.41 Å². The lowest BCUT2D eigenvalue weighted by Crippen LogP contribution is -2.34. The van der Waals surface area contributed by atoms with Gasteiger partial charge in [0.1, 0.15) is 5.82 Å². The predicted octanol–water partition coefficient (Wildman–Crippen LogP) is 2.32. The van der Waals surface area contributed by atoms with Gasteiger partial charge in [0.2, 0.25) is 0 Å². The Bertz CT molecular complexity index is 291. The van der Waals surface area contributed by atoms with Gasteiger partial charge in [0.15, 0.2) is 0 Å². The summed E-state index contributed by atoms with van der Waals surface area (Å²) in [5, 5.41) is 6.93. The van der Waals surface area contributed by atoms with Gasteiger partial charge in [-0.15, -0.1) is 0 Å². The van der Waals surface area contributed by atoms with Crippen LogP contribution in [0, 0.1) is 5.41 Å². The molecule has 0 amide bonds. The normalized spacial score (nSPS) is 13.3. The third kappa shape index (κ3) is 1.69. The molecule has 74 valence electrons. The molecule has 0 atom stereocenters. The van der Waals surface area contributed by atoms with Gasteiger partial charge in [-0.05, 0) is 5.41 Å². The van der Waals surface area contributed by atoms with Gasteiger partial charge in [-0.3, -0.25) is 5.10 Å². The molecule has 1 aromatic heterocycles. The van der Waals surface area contributed by atoms with E-state index in [-0.39, 0.29) is 10.8 Å². The van der Waals surface area contributed by atoms with Crippen LogP contribution in [0.3, 0.4) is 0 Å². The zero-order valence-corrected chi connectivity index (χ0v) is 9.10. The van der Waals surface area contributed by atoms with E-state index in [4.69, 9.17) is 5.73 Å². The molecule has 13 heavy (non-hydrogen) atoms. The highest BCUT2D eigenvalue weighted by molar-refractivity contribution is 5.32. The summed E-state index contributed by atoms with van der Waals surface area (Å²) in [5.74, 6) is 0.562. The summed E-state index contributed by atoms with van der Waals surface area (Å²) in [6.45, 7) is 11.0. The molecule has 0 aliphatic rings. The summed E-state index contributed by atoms with van der Waals surface area (Å²) in [4.78, 5) is 0. The number of hydrogen-bond donors (Lipinski definition) is 2. The summed E-state index contributed by atoms with van der Waals surface area (Å²) in [5.41, 5.74) is 6.91. The first-order chi connectivity index (χ1) is 5.75. The second-order valence-electron chi connectivity index (χ2n) is 5.08. The third-order valence-corrected chi connectivity index (χ3v) is 3.15. The van der Waals surface area contributed by atoms with Crippen molar-refractivity contribution in [2.45, 2.75) is 40.0 Å². The summed E-state index contributed by atoms with van der Waals surface area (Å²) >= 11 is 0. The van der Waals surface area contributed by atoms with Crippen molar-refractivity contribution in [3.8, 4) is 0 Å². The Morgan fingerprint density at radius 2 is 1.77 bits per heavy atom. The van der Waals surface area contributed by atoms with Crippen LogP contribution in [-0.2, 0) is 5.41 Å². The standard InChI is InChI=1S/C10H19N3/c1-9(2,3)10(4,5)7-6-8(11)13-12-7/h6H,1-5H3,(H3,11,12,13). The first kappa shape index (κ1) is 10.1. The Morgan fingerprint density at radius 1 is 1.23 bits per heavy atom. The van der Waals surface area contributed by atoms with Gasteiger partial charge < -0.3 is 5.73 Å². The van der Waals surface area contributed by atoms with Crippen LogP contribution in [0.25, 0.3) is 0 Å². The molecular weight excluding hydrogens is 162 g/mol. The molecule has 3 N–H and O–H groups in total. The minimum atomic E-state index is 0.0532. The van der Waals surface area contributed by atoms with E-state index in [1.807, 2.05) is 6.07 Å². The number of nitrogens with one attached hydrogen (secondary N) is 1. The van der Waals surface area contributed by atoms with E-state index in [1.54, 1.807) is 0 Å². The lowest BCUT2D eigenvalue weighted by Gasteiger charge is -2.37. The van der Waals surface area contributed by atoms with Crippen LogP contribution >= 0.6 is 0 Å². The Labute approximate surface area is 79.7 Å². The van der Waals surface area contributed by atoms with Gasteiger partial charge >= 0.3 is 0 Å². The molecule has 3 heteroatoms.